The van der Waals surface area contributed by atoms with Gasteiger partial charge in [0.15, 0.2) is 11.6 Å². The monoisotopic (exact) mass is 385 g/mol. The van der Waals surface area contributed by atoms with Crippen LogP contribution < -0.4 is 0 Å². The summed E-state index contributed by atoms with van der Waals surface area (Å²) in [6.07, 6.45) is 4.83. The first-order chi connectivity index (χ1) is 13.6. The molecule has 0 bridgehead atoms. The van der Waals surface area contributed by atoms with Gasteiger partial charge >= 0.3 is 0 Å². The van der Waals surface area contributed by atoms with Crippen molar-refractivity contribution in [2.45, 2.75) is 19.4 Å². The molecule has 0 unspecified atom stereocenters. The number of hydrogen-bond acceptors (Lipinski definition) is 4. The zero-order valence-electron chi connectivity index (χ0n) is 15.3. The van der Waals surface area contributed by atoms with E-state index in [1.54, 1.807) is 12.5 Å². The fraction of sp³-hybridized carbons (Fsp3) is 0.333. The van der Waals surface area contributed by atoms with Crippen LogP contribution in [0.4, 0.5) is 8.78 Å². The highest BCUT2D eigenvalue weighted by atomic mass is 19.2. The van der Waals surface area contributed by atoms with Gasteiger partial charge in [0.2, 0.25) is 0 Å². The Morgan fingerprint density at radius 1 is 1.07 bits per heavy atom. The number of aliphatic hydroxyl groups excluding tert-OH is 1. The van der Waals surface area contributed by atoms with Crippen molar-refractivity contribution >= 4 is 0 Å². The summed E-state index contributed by atoms with van der Waals surface area (Å²) in [7, 11) is 0. The molecule has 1 N–H and O–H groups in total. The Hall–Kier alpha value is -2.64. The minimum absolute atomic E-state index is 0.0384. The molecular weight excluding hydrogens is 364 g/mol. The Labute approximate surface area is 161 Å². The SMILES string of the molecule is OCC1(Cn2cnc(-c3ccc(F)c(F)c3)c2-c2ccccn2)CCOCC1. The van der Waals surface area contributed by atoms with Crippen LogP contribution in [0.3, 0.4) is 0 Å². The van der Waals surface area contributed by atoms with Gasteiger partial charge in [-0.25, -0.2) is 13.8 Å². The molecule has 3 aromatic rings. The Morgan fingerprint density at radius 3 is 2.57 bits per heavy atom. The van der Waals surface area contributed by atoms with E-state index in [2.05, 4.69) is 9.97 Å². The number of benzene rings is 1. The van der Waals surface area contributed by atoms with Crippen LogP contribution in [0.15, 0.2) is 48.9 Å². The van der Waals surface area contributed by atoms with Gasteiger partial charge in [-0.15, -0.1) is 0 Å². The zero-order chi connectivity index (χ0) is 19.6. The highest BCUT2D eigenvalue weighted by Crippen LogP contribution is 2.36. The highest BCUT2D eigenvalue weighted by molar-refractivity contribution is 5.76. The summed E-state index contributed by atoms with van der Waals surface area (Å²) in [4.78, 5) is 8.92. The molecule has 0 saturated carbocycles. The van der Waals surface area contributed by atoms with Gasteiger partial charge in [0, 0.05) is 36.9 Å². The van der Waals surface area contributed by atoms with Crippen LogP contribution in [0.2, 0.25) is 0 Å². The molecule has 0 amide bonds. The quantitative estimate of drug-likeness (QED) is 0.728. The summed E-state index contributed by atoms with van der Waals surface area (Å²) in [6.45, 7) is 1.78. The summed E-state index contributed by atoms with van der Waals surface area (Å²) in [5.41, 5.74) is 2.08. The normalized spacial score (nSPS) is 16.2. The number of ether oxygens (including phenoxy) is 1. The van der Waals surface area contributed by atoms with Crippen molar-refractivity contribution in [3.8, 4) is 22.6 Å². The number of rotatable bonds is 5. The lowest BCUT2D eigenvalue weighted by Gasteiger charge is -2.36. The van der Waals surface area contributed by atoms with Crippen LogP contribution in [-0.2, 0) is 11.3 Å². The molecule has 1 aliphatic heterocycles. The third-order valence-corrected chi connectivity index (χ3v) is 5.33. The van der Waals surface area contributed by atoms with E-state index in [1.807, 2.05) is 22.8 Å². The first-order valence-corrected chi connectivity index (χ1v) is 9.22. The number of imidazole rings is 1. The second-order valence-electron chi connectivity index (χ2n) is 7.18. The first-order valence-electron chi connectivity index (χ1n) is 9.22. The fourth-order valence-electron chi connectivity index (χ4n) is 3.66. The highest BCUT2D eigenvalue weighted by Gasteiger charge is 2.33. The van der Waals surface area contributed by atoms with Crippen molar-refractivity contribution in [2.75, 3.05) is 19.8 Å². The van der Waals surface area contributed by atoms with E-state index in [4.69, 9.17) is 4.74 Å². The summed E-state index contributed by atoms with van der Waals surface area (Å²) >= 11 is 0. The third-order valence-electron chi connectivity index (χ3n) is 5.33. The molecule has 0 spiro atoms. The summed E-state index contributed by atoms with van der Waals surface area (Å²) in [5.74, 6) is -1.82. The van der Waals surface area contributed by atoms with E-state index in [9.17, 15) is 13.9 Å². The molecule has 4 rings (SSSR count). The van der Waals surface area contributed by atoms with Crippen LogP contribution in [0.5, 0.6) is 0 Å². The molecule has 0 radical (unpaired) electrons. The Morgan fingerprint density at radius 2 is 1.89 bits per heavy atom. The minimum atomic E-state index is -0.921. The smallest absolute Gasteiger partial charge is 0.159 e. The molecule has 2 aromatic heterocycles. The van der Waals surface area contributed by atoms with Gasteiger partial charge in [0.1, 0.15) is 0 Å². The van der Waals surface area contributed by atoms with Gasteiger partial charge < -0.3 is 14.4 Å². The van der Waals surface area contributed by atoms with Crippen LogP contribution in [0, 0.1) is 17.0 Å². The van der Waals surface area contributed by atoms with Crippen molar-refractivity contribution in [3.63, 3.8) is 0 Å². The van der Waals surface area contributed by atoms with E-state index in [1.165, 1.54) is 6.07 Å². The summed E-state index contributed by atoms with van der Waals surface area (Å²) in [5, 5.41) is 10.1. The standard InChI is InChI=1S/C21H21F2N3O2/c22-16-5-4-15(11-17(16)23)19-20(18-3-1-2-8-24-18)26(14-25-19)12-21(13-27)6-9-28-10-7-21/h1-5,8,11,14,27H,6-7,9-10,12-13H2. The molecule has 1 fully saturated rings. The van der Waals surface area contributed by atoms with Crippen LogP contribution in [-0.4, -0.2) is 39.5 Å². The number of nitrogens with zero attached hydrogens (tertiary/aromatic N) is 3. The van der Waals surface area contributed by atoms with Gasteiger partial charge in [-0.05, 0) is 43.2 Å². The first kappa shape index (κ1) is 18.7. The Kier molecular flexibility index (Phi) is 5.19. The van der Waals surface area contributed by atoms with Gasteiger partial charge in [-0.2, -0.15) is 0 Å². The number of aromatic nitrogens is 3. The van der Waals surface area contributed by atoms with Crippen molar-refractivity contribution in [1.82, 2.24) is 14.5 Å². The maximum absolute atomic E-state index is 13.8. The van der Waals surface area contributed by atoms with Gasteiger partial charge in [0.05, 0.1) is 30.0 Å². The van der Waals surface area contributed by atoms with E-state index in [0.29, 0.717) is 42.4 Å². The van der Waals surface area contributed by atoms with E-state index in [0.717, 1.165) is 25.0 Å². The lowest BCUT2D eigenvalue weighted by molar-refractivity contribution is -0.0250. The van der Waals surface area contributed by atoms with Crippen molar-refractivity contribution in [2.24, 2.45) is 5.41 Å². The number of aliphatic hydroxyl groups is 1. The lowest BCUT2D eigenvalue weighted by atomic mass is 9.81. The fourth-order valence-corrected chi connectivity index (χ4v) is 3.66. The van der Waals surface area contributed by atoms with Crippen LogP contribution in [0.25, 0.3) is 22.6 Å². The lowest BCUT2D eigenvalue weighted by Crippen LogP contribution is -2.37. The van der Waals surface area contributed by atoms with Crippen molar-refractivity contribution in [3.05, 3.63) is 60.6 Å². The largest absolute Gasteiger partial charge is 0.396 e. The zero-order valence-corrected chi connectivity index (χ0v) is 15.3. The maximum Gasteiger partial charge on any atom is 0.159 e. The Balaban J connectivity index is 1.81. The second kappa shape index (κ2) is 7.77. The number of pyridine rings is 1. The van der Waals surface area contributed by atoms with Crippen molar-refractivity contribution in [1.29, 1.82) is 0 Å². The van der Waals surface area contributed by atoms with Gasteiger partial charge in [-0.3, -0.25) is 4.98 Å². The second-order valence-corrected chi connectivity index (χ2v) is 7.18. The predicted octanol–water partition coefficient (Wildman–Crippen LogP) is 3.68. The molecule has 5 nitrogen and oxygen atoms in total. The molecule has 0 atom stereocenters. The molecule has 7 heteroatoms. The molecule has 1 aromatic carbocycles. The molecular formula is C21H21F2N3O2. The Bertz CT molecular complexity index is 954. The number of hydrogen-bond donors (Lipinski definition) is 1. The molecule has 28 heavy (non-hydrogen) atoms. The summed E-state index contributed by atoms with van der Waals surface area (Å²) in [6, 6.07) is 9.28. The van der Waals surface area contributed by atoms with E-state index < -0.39 is 11.6 Å². The number of halogens is 2. The maximum atomic E-state index is 13.8. The molecule has 1 saturated heterocycles. The third kappa shape index (κ3) is 3.55. The topological polar surface area (TPSA) is 60.2 Å². The molecule has 1 aliphatic rings. The average Bonchev–Trinajstić information content (AvgIpc) is 3.14. The molecule has 0 aliphatic carbocycles. The average molecular weight is 385 g/mol. The van der Waals surface area contributed by atoms with Crippen LogP contribution in [0.1, 0.15) is 12.8 Å². The molecule has 146 valence electrons. The van der Waals surface area contributed by atoms with Gasteiger partial charge in [-0.1, -0.05) is 6.07 Å². The minimum Gasteiger partial charge on any atom is -0.396 e. The van der Waals surface area contributed by atoms with Gasteiger partial charge in [0.25, 0.3) is 0 Å². The predicted molar refractivity (Wildman–Crippen MR) is 100 cm³/mol. The molecule has 3 heterocycles. The van der Waals surface area contributed by atoms with Crippen LogP contribution >= 0.6 is 0 Å². The van der Waals surface area contributed by atoms with Crippen molar-refractivity contribution < 1.29 is 18.6 Å². The van der Waals surface area contributed by atoms with E-state index >= 15 is 0 Å². The summed E-state index contributed by atoms with van der Waals surface area (Å²) < 4.78 is 34.6. The van der Waals surface area contributed by atoms with E-state index in [-0.39, 0.29) is 12.0 Å².